The highest BCUT2D eigenvalue weighted by molar-refractivity contribution is 6.49. The molecule has 28 heavy (non-hydrogen) atoms. The minimum atomic E-state index is -0.849. The number of hydrogen-bond acceptors (Lipinski definition) is 3. The van der Waals surface area contributed by atoms with Gasteiger partial charge in [0.1, 0.15) is 0 Å². The number of Topliss-reactive ketones (excluding diaryl/α,β-unsaturated/α-hetero) is 2. The molecule has 0 spiro atoms. The van der Waals surface area contributed by atoms with Gasteiger partial charge in [-0.2, -0.15) is 0 Å². The molecule has 0 amide bonds. The van der Waals surface area contributed by atoms with Gasteiger partial charge in [0.15, 0.2) is 11.6 Å². The number of carbonyl (C=O) groups excluding carboxylic acids is 2. The Labute approximate surface area is 176 Å². The van der Waals surface area contributed by atoms with Gasteiger partial charge in [0, 0.05) is 22.7 Å². The summed E-state index contributed by atoms with van der Waals surface area (Å²) < 4.78 is 0. The Morgan fingerprint density at radius 2 is 1.71 bits per heavy atom. The fraction of sp³-hybridized carbons (Fsp3) is 0.391. The molecule has 1 aromatic carbocycles. The number of hydrogen-bond donors (Lipinski definition) is 1. The van der Waals surface area contributed by atoms with Crippen LogP contribution in [0, 0.1) is 0 Å². The number of ketones is 2. The number of halogens is 2. The first kappa shape index (κ1) is 20.9. The van der Waals surface area contributed by atoms with Gasteiger partial charge in [0.2, 0.25) is 0 Å². The number of carbonyl (C=O) groups is 2. The summed E-state index contributed by atoms with van der Waals surface area (Å²) >= 11 is 13.0. The molecule has 2 aliphatic rings. The third-order valence-corrected chi connectivity index (χ3v) is 6.61. The zero-order valence-corrected chi connectivity index (χ0v) is 18.2. The van der Waals surface area contributed by atoms with Crippen LogP contribution in [0.1, 0.15) is 58.1 Å². The van der Waals surface area contributed by atoms with Gasteiger partial charge in [0.25, 0.3) is 0 Å². The lowest BCUT2D eigenvalue weighted by molar-refractivity contribution is -0.121. The van der Waals surface area contributed by atoms with E-state index >= 15 is 0 Å². The molecule has 0 aliphatic heterocycles. The average molecular weight is 418 g/mol. The Kier molecular flexibility index (Phi) is 5.88. The van der Waals surface area contributed by atoms with E-state index in [9.17, 15) is 9.59 Å². The van der Waals surface area contributed by atoms with Crippen LogP contribution in [0.25, 0.3) is 5.03 Å². The summed E-state index contributed by atoms with van der Waals surface area (Å²) in [5.74, 6) is 0.00284. The predicted molar refractivity (Wildman–Crippen MR) is 115 cm³/mol. The molecule has 0 fully saturated rings. The summed E-state index contributed by atoms with van der Waals surface area (Å²) in [4.78, 5) is 25.4. The number of nitrogens with one attached hydrogen (secondary N) is 1. The van der Waals surface area contributed by atoms with E-state index in [-0.39, 0.29) is 11.6 Å². The van der Waals surface area contributed by atoms with Crippen LogP contribution in [0.2, 0.25) is 5.02 Å². The second-order valence-corrected chi connectivity index (χ2v) is 8.73. The number of benzene rings is 1. The van der Waals surface area contributed by atoms with Crippen molar-refractivity contribution in [1.29, 1.82) is 0 Å². The molecule has 5 heteroatoms. The van der Waals surface area contributed by atoms with Crippen LogP contribution in [0.3, 0.4) is 0 Å². The van der Waals surface area contributed by atoms with Crippen molar-refractivity contribution in [3.8, 4) is 0 Å². The van der Waals surface area contributed by atoms with Crippen LogP contribution in [0.5, 0.6) is 0 Å². The molecule has 1 atom stereocenters. The van der Waals surface area contributed by atoms with Gasteiger partial charge in [-0.1, -0.05) is 35.3 Å². The first-order valence-electron chi connectivity index (χ1n) is 9.52. The highest BCUT2D eigenvalue weighted by Crippen LogP contribution is 2.35. The van der Waals surface area contributed by atoms with E-state index in [0.717, 1.165) is 35.2 Å². The van der Waals surface area contributed by atoms with Gasteiger partial charge in [-0.15, -0.1) is 0 Å². The maximum Gasteiger partial charge on any atom is 0.183 e. The van der Waals surface area contributed by atoms with Crippen LogP contribution in [-0.2, 0) is 16.0 Å². The molecule has 3 nitrogen and oxygen atoms in total. The standard InChI is InChI=1S/C23H25Cl2NO2/c1-13-8-9-17-16(6-5-7-18(17)24)19(25)12-20(13)26-23(4)11-10-21(27)14(2)15(3)22(23)28/h5-7,12,26H,8-11H2,1-4H3. The largest absolute Gasteiger partial charge is 0.373 e. The Bertz CT molecular complexity index is 955. The van der Waals surface area contributed by atoms with Crippen molar-refractivity contribution in [3.05, 3.63) is 62.8 Å². The highest BCUT2D eigenvalue weighted by Gasteiger charge is 2.38. The van der Waals surface area contributed by atoms with Crippen molar-refractivity contribution >= 4 is 39.8 Å². The van der Waals surface area contributed by atoms with Gasteiger partial charge < -0.3 is 5.32 Å². The smallest absolute Gasteiger partial charge is 0.183 e. The van der Waals surface area contributed by atoms with E-state index in [4.69, 9.17) is 23.2 Å². The van der Waals surface area contributed by atoms with E-state index in [1.54, 1.807) is 13.8 Å². The second kappa shape index (κ2) is 7.88. The Morgan fingerprint density at radius 1 is 1.00 bits per heavy atom. The lowest BCUT2D eigenvalue weighted by Gasteiger charge is -2.31. The van der Waals surface area contributed by atoms with E-state index in [2.05, 4.69) is 5.32 Å². The molecule has 0 saturated carbocycles. The Morgan fingerprint density at radius 3 is 2.43 bits per heavy atom. The zero-order chi connectivity index (χ0) is 20.6. The molecule has 0 aromatic heterocycles. The summed E-state index contributed by atoms with van der Waals surface area (Å²) in [6.07, 6.45) is 4.25. The fourth-order valence-corrected chi connectivity index (χ4v) is 4.38. The maximum absolute atomic E-state index is 13.1. The molecule has 2 aliphatic carbocycles. The lowest BCUT2D eigenvalue weighted by atomic mass is 9.87. The normalized spacial score (nSPS) is 23.7. The quantitative estimate of drug-likeness (QED) is 0.665. The van der Waals surface area contributed by atoms with E-state index < -0.39 is 5.54 Å². The van der Waals surface area contributed by atoms with E-state index in [0.29, 0.717) is 34.0 Å². The Balaban J connectivity index is 2.00. The van der Waals surface area contributed by atoms with Gasteiger partial charge in [-0.25, -0.2) is 0 Å². The van der Waals surface area contributed by atoms with Crippen LogP contribution in [0.4, 0.5) is 0 Å². The zero-order valence-electron chi connectivity index (χ0n) is 16.7. The van der Waals surface area contributed by atoms with Crippen molar-refractivity contribution in [2.75, 3.05) is 0 Å². The number of fused-ring (bicyclic) bond motifs is 1. The third-order valence-electron chi connectivity index (χ3n) is 5.94. The minimum Gasteiger partial charge on any atom is -0.373 e. The van der Waals surface area contributed by atoms with Crippen molar-refractivity contribution in [3.63, 3.8) is 0 Å². The number of rotatable bonds is 2. The molecular formula is C23H25Cl2NO2. The van der Waals surface area contributed by atoms with Crippen molar-refractivity contribution < 1.29 is 9.59 Å². The summed E-state index contributed by atoms with van der Waals surface area (Å²) in [6.45, 7) is 7.38. The summed E-state index contributed by atoms with van der Waals surface area (Å²) in [7, 11) is 0. The first-order valence-corrected chi connectivity index (χ1v) is 10.3. The average Bonchev–Trinajstić information content (AvgIpc) is 2.73. The summed E-state index contributed by atoms with van der Waals surface area (Å²) in [5, 5.41) is 4.74. The first-order chi connectivity index (χ1) is 13.1. The topological polar surface area (TPSA) is 46.2 Å². The molecule has 1 unspecified atom stereocenters. The minimum absolute atomic E-state index is 0.0359. The monoisotopic (exact) mass is 417 g/mol. The SMILES string of the molecule is CC1=C(NC2(C)CCC(=O)C(C)=C(C)C2=O)C=C(Cl)c2cccc(Cl)c2CC1. The van der Waals surface area contributed by atoms with E-state index in [1.165, 1.54) is 0 Å². The highest BCUT2D eigenvalue weighted by atomic mass is 35.5. The summed E-state index contributed by atoms with van der Waals surface area (Å²) in [6, 6.07) is 5.73. The predicted octanol–water partition coefficient (Wildman–Crippen LogP) is 5.76. The van der Waals surface area contributed by atoms with Crippen LogP contribution < -0.4 is 5.32 Å². The maximum atomic E-state index is 13.1. The molecule has 0 saturated heterocycles. The summed E-state index contributed by atoms with van der Waals surface area (Å²) in [5.41, 5.74) is 4.15. The molecule has 0 bridgehead atoms. The molecule has 3 rings (SSSR count). The van der Waals surface area contributed by atoms with Crippen LogP contribution in [-0.4, -0.2) is 17.1 Å². The van der Waals surface area contributed by atoms with Gasteiger partial charge in [0.05, 0.1) is 10.6 Å². The molecule has 1 aromatic rings. The van der Waals surface area contributed by atoms with Crippen molar-refractivity contribution in [1.82, 2.24) is 5.32 Å². The van der Waals surface area contributed by atoms with Gasteiger partial charge in [-0.3, -0.25) is 9.59 Å². The van der Waals surface area contributed by atoms with Gasteiger partial charge >= 0.3 is 0 Å². The Hall–Kier alpha value is -1.84. The third kappa shape index (κ3) is 3.83. The lowest BCUT2D eigenvalue weighted by Crippen LogP contribution is -2.49. The molecule has 1 N–H and O–H groups in total. The van der Waals surface area contributed by atoms with Crippen molar-refractivity contribution in [2.45, 2.75) is 58.9 Å². The van der Waals surface area contributed by atoms with E-state index in [1.807, 2.05) is 38.1 Å². The van der Waals surface area contributed by atoms with Crippen LogP contribution >= 0.6 is 23.2 Å². The molecular weight excluding hydrogens is 393 g/mol. The van der Waals surface area contributed by atoms with Crippen molar-refractivity contribution in [2.24, 2.45) is 0 Å². The molecule has 148 valence electrons. The second-order valence-electron chi connectivity index (χ2n) is 7.91. The van der Waals surface area contributed by atoms with Gasteiger partial charge in [-0.05, 0) is 81.4 Å². The fourth-order valence-electron chi connectivity index (χ4n) is 3.83. The number of allylic oxidation sites excluding steroid dienone is 3. The molecule has 0 radical (unpaired) electrons. The molecule has 0 heterocycles. The van der Waals surface area contributed by atoms with Crippen LogP contribution in [0.15, 0.2) is 46.7 Å².